The molecule has 4 aliphatic heterocycles. The first-order chi connectivity index (χ1) is 29.7. The van der Waals surface area contributed by atoms with Crippen LogP contribution in [-0.4, -0.2) is 115 Å². The van der Waals surface area contributed by atoms with Crippen molar-refractivity contribution in [3.8, 4) is 0 Å². The van der Waals surface area contributed by atoms with Crippen molar-refractivity contribution in [2.45, 2.75) is 113 Å². The number of hydrogen-bond acceptors (Lipinski definition) is 12. The third-order valence-corrected chi connectivity index (χ3v) is 13.5. The predicted molar refractivity (Wildman–Crippen MR) is 218 cm³/mol. The third-order valence-electron chi connectivity index (χ3n) is 13.5. The number of nitrogens with zero attached hydrogens (tertiary/aromatic N) is 8. The van der Waals surface area contributed by atoms with E-state index in [0.29, 0.717) is 43.3 Å². The Hall–Kier alpha value is -5.04. The molecule has 5 fully saturated rings. The van der Waals surface area contributed by atoms with E-state index in [-0.39, 0.29) is 47.4 Å². The van der Waals surface area contributed by atoms with E-state index in [9.17, 15) is 23.5 Å². The number of hydrogen-bond donors (Lipinski definition) is 3. The number of rotatable bonds is 13. The zero-order valence-electron chi connectivity index (χ0n) is 34.0. The summed E-state index contributed by atoms with van der Waals surface area (Å²) in [4.78, 5) is 34.7. The Labute approximate surface area is 350 Å². The molecule has 3 N–H and O–H groups in total. The van der Waals surface area contributed by atoms with Gasteiger partial charge in [-0.2, -0.15) is 10.2 Å². The number of benzene rings is 1. The molecule has 18 heteroatoms. The van der Waals surface area contributed by atoms with Gasteiger partial charge in [-0.3, -0.25) is 14.3 Å². The summed E-state index contributed by atoms with van der Waals surface area (Å²) in [5.41, 5.74) is 2.61. The summed E-state index contributed by atoms with van der Waals surface area (Å²) in [6, 6.07) is 8.08. The highest BCUT2D eigenvalue weighted by atomic mass is 19.3. The molecular formula is C43H52F2N10O6. The van der Waals surface area contributed by atoms with Crippen molar-refractivity contribution in [2.75, 3.05) is 49.6 Å². The van der Waals surface area contributed by atoms with Crippen LogP contribution in [0, 0.1) is 5.92 Å². The van der Waals surface area contributed by atoms with Gasteiger partial charge in [0, 0.05) is 57.0 Å². The van der Waals surface area contributed by atoms with Crippen LogP contribution >= 0.6 is 0 Å². The number of likely N-dealkylation sites (tertiary alicyclic amines) is 1. The van der Waals surface area contributed by atoms with E-state index in [0.717, 1.165) is 106 Å². The molecule has 2 amide bonds. The van der Waals surface area contributed by atoms with Crippen LogP contribution in [0.4, 0.5) is 20.3 Å². The van der Waals surface area contributed by atoms with Crippen LogP contribution in [0.2, 0.25) is 0 Å². The minimum Gasteiger partial charge on any atom is -0.378 e. The molecule has 16 nitrogen and oxygen atoms in total. The van der Waals surface area contributed by atoms with Crippen LogP contribution in [-0.2, 0) is 20.7 Å². The van der Waals surface area contributed by atoms with Crippen molar-refractivity contribution < 1.29 is 37.5 Å². The predicted octanol–water partition coefficient (Wildman–Crippen LogP) is 5.39. The van der Waals surface area contributed by atoms with Gasteiger partial charge in [-0.15, -0.1) is 0 Å². The molecule has 2 unspecified atom stereocenters. The largest absolute Gasteiger partial charge is 0.378 e. The number of fused-ring (bicyclic) bond motifs is 4. The summed E-state index contributed by atoms with van der Waals surface area (Å²) in [6.07, 6.45) is 10.4. The smallest absolute Gasteiger partial charge is 0.284 e. The molecule has 4 saturated heterocycles. The van der Waals surface area contributed by atoms with Gasteiger partial charge in [-0.25, -0.2) is 18.3 Å². The fraction of sp³-hybridized carbons (Fsp3) is 0.581. The molecule has 1 aliphatic carbocycles. The van der Waals surface area contributed by atoms with Gasteiger partial charge in [-0.05, 0) is 87.8 Å². The Balaban J connectivity index is 0.673. The van der Waals surface area contributed by atoms with Gasteiger partial charge in [0.25, 0.3) is 12.3 Å². The molecular weight excluding hydrogens is 791 g/mol. The van der Waals surface area contributed by atoms with Crippen molar-refractivity contribution in [3.05, 3.63) is 65.4 Å². The lowest BCUT2D eigenvalue weighted by molar-refractivity contribution is -0.127. The fourth-order valence-corrected chi connectivity index (χ4v) is 10.2. The number of morpholine rings is 1. The quantitative estimate of drug-likeness (QED) is 0.129. The minimum atomic E-state index is -2.85. The molecule has 1 aromatic carbocycles. The van der Waals surface area contributed by atoms with Gasteiger partial charge in [0.15, 0.2) is 16.9 Å². The summed E-state index contributed by atoms with van der Waals surface area (Å²) < 4.78 is 49.5. The van der Waals surface area contributed by atoms with Gasteiger partial charge < -0.3 is 39.5 Å². The molecule has 1 saturated carbocycles. The highest BCUT2D eigenvalue weighted by molar-refractivity contribution is 6.08. The van der Waals surface area contributed by atoms with Crippen molar-refractivity contribution in [3.63, 3.8) is 0 Å². The lowest BCUT2D eigenvalue weighted by Gasteiger charge is -2.36. The van der Waals surface area contributed by atoms with Gasteiger partial charge in [0.05, 0.1) is 54.4 Å². The number of anilines is 2. The third kappa shape index (κ3) is 8.22. The summed E-state index contributed by atoms with van der Waals surface area (Å²) in [6.45, 7) is 5.02. The Morgan fingerprint density at radius 1 is 1.08 bits per heavy atom. The molecule has 0 radical (unpaired) electrons. The summed E-state index contributed by atoms with van der Waals surface area (Å²) in [7, 11) is 0. The normalized spacial score (nSPS) is 26.2. The number of ether oxygens (including phenoxy) is 2. The molecule has 5 aromatic rings. The number of aromatic nitrogens is 6. The number of amides is 2. The van der Waals surface area contributed by atoms with E-state index in [1.165, 1.54) is 10.7 Å². The Kier molecular flexibility index (Phi) is 11.2. The van der Waals surface area contributed by atoms with Crippen molar-refractivity contribution in [1.29, 1.82) is 0 Å². The monoisotopic (exact) mass is 842 g/mol. The maximum absolute atomic E-state index is 14.3. The standard InChI is InChI=1S/C43H52F2N10O6/c44-40(45)38-34(47-43(58)33-20-46-54-17-14-35(48-41(33)54)53-22-30-19-28(53)24-60-30)23-55(50-38)27-8-6-25(7-9-27)21-52-15-12-29(13-16-52)59-18-2-4-26-3-1-5-31-37(51-61-39(26)31)32-10-11-36(56)49-42(32)57/h1,3,5,14,17,20,23,25,27-30,32,40,42,57H,2,4,6-13,15-16,18-19,21-22,24H2,(H,47,58)(H,49,56)/t25?,27?,28-,30-,32?,42?/m1/s1. The average Bonchev–Trinajstić information content (AvgIpc) is 4.12. The Morgan fingerprint density at radius 3 is 2.70 bits per heavy atom. The molecule has 0 spiro atoms. The zero-order valence-corrected chi connectivity index (χ0v) is 34.0. The second-order valence-electron chi connectivity index (χ2n) is 17.4. The van der Waals surface area contributed by atoms with E-state index in [1.807, 2.05) is 24.3 Å². The minimum absolute atomic E-state index is 0.00677. The van der Waals surface area contributed by atoms with E-state index < -0.39 is 24.3 Å². The maximum Gasteiger partial charge on any atom is 0.284 e. The number of para-hydroxylation sites is 1. The van der Waals surface area contributed by atoms with Gasteiger partial charge in [0.1, 0.15) is 17.6 Å². The van der Waals surface area contributed by atoms with Crippen LogP contribution in [0.5, 0.6) is 0 Å². The second-order valence-corrected chi connectivity index (χ2v) is 17.4. The molecule has 2 bridgehead atoms. The highest BCUT2D eigenvalue weighted by Crippen LogP contribution is 2.37. The SMILES string of the molecule is O=C1CCC(c2noc3c(CCCOC4CCN(CC5CCC(n6cc(NC(=O)c7cnn8ccc(N9C[C@H]%10C[C@@H]9CO%10)nc78)c(C(F)F)n6)CC5)CC4)cccc23)C(O)N1. The number of carbonyl (C=O) groups is 2. The van der Waals surface area contributed by atoms with Gasteiger partial charge in [0.2, 0.25) is 5.91 Å². The number of piperidine rings is 2. The number of alkyl halides is 2. The summed E-state index contributed by atoms with van der Waals surface area (Å²) in [5, 5.41) is 29.5. The van der Waals surface area contributed by atoms with Crippen LogP contribution in [0.1, 0.15) is 110 Å². The Morgan fingerprint density at radius 2 is 1.93 bits per heavy atom. The number of halogens is 2. The second kappa shape index (κ2) is 17.0. The highest BCUT2D eigenvalue weighted by Gasteiger charge is 2.40. The fourth-order valence-electron chi connectivity index (χ4n) is 10.2. The zero-order chi connectivity index (χ0) is 41.6. The van der Waals surface area contributed by atoms with Gasteiger partial charge in [-0.1, -0.05) is 17.3 Å². The summed E-state index contributed by atoms with van der Waals surface area (Å²) >= 11 is 0. The lowest BCUT2D eigenvalue weighted by atomic mass is 9.85. The van der Waals surface area contributed by atoms with E-state index in [1.54, 1.807) is 17.1 Å². The van der Waals surface area contributed by atoms with Crippen LogP contribution in [0.25, 0.3) is 16.6 Å². The first kappa shape index (κ1) is 40.1. The number of aliphatic hydroxyl groups excluding tert-OH is 1. The van der Waals surface area contributed by atoms with Crippen molar-refractivity contribution in [1.82, 2.24) is 39.8 Å². The van der Waals surface area contributed by atoms with Crippen LogP contribution < -0.4 is 15.5 Å². The average molecular weight is 843 g/mol. The number of nitrogens with one attached hydrogen (secondary N) is 2. The molecule has 4 atom stereocenters. The van der Waals surface area contributed by atoms with E-state index in [2.05, 4.69) is 35.8 Å². The lowest BCUT2D eigenvalue weighted by Crippen LogP contribution is -2.43. The maximum atomic E-state index is 14.3. The van der Waals surface area contributed by atoms with E-state index in [4.69, 9.17) is 19.0 Å². The van der Waals surface area contributed by atoms with Crippen LogP contribution in [0.3, 0.4) is 0 Å². The van der Waals surface area contributed by atoms with Crippen molar-refractivity contribution >= 4 is 39.9 Å². The van der Waals surface area contributed by atoms with E-state index >= 15 is 0 Å². The van der Waals surface area contributed by atoms with Crippen LogP contribution in [0.15, 0.2) is 47.4 Å². The first-order valence-corrected chi connectivity index (χ1v) is 21.8. The molecule has 5 aliphatic rings. The molecule has 8 heterocycles. The van der Waals surface area contributed by atoms with Crippen molar-refractivity contribution in [2.24, 2.45) is 5.92 Å². The number of carbonyl (C=O) groups excluding carboxylic acids is 2. The topological polar surface area (TPSA) is 177 Å². The number of aryl methyl sites for hydroxylation is 1. The molecule has 10 rings (SSSR count). The molecule has 324 valence electrons. The van der Waals surface area contributed by atoms with Gasteiger partial charge >= 0.3 is 0 Å². The summed E-state index contributed by atoms with van der Waals surface area (Å²) in [5.74, 6) is 0.252. The first-order valence-electron chi connectivity index (χ1n) is 21.8. The number of aliphatic hydroxyl groups is 1. The molecule has 61 heavy (non-hydrogen) atoms. The molecule has 4 aromatic heterocycles. The Bertz CT molecular complexity index is 2370.